The first-order valence-electron chi connectivity index (χ1n) is 12.9. The number of nitriles is 1. The van der Waals surface area contributed by atoms with E-state index >= 15 is 0 Å². The minimum Gasteiger partial charge on any atom is -0.508 e. The molecule has 0 saturated carbocycles. The Kier molecular flexibility index (Phi) is 8.13. The molecule has 11 heteroatoms. The largest absolute Gasteiger partial charge is 0.508 e. The lowest BCUT2D eigenvalue weighted by Gasteiger charge is -2.33. The smallest absolute Gasteiger partial charge is 0.274 e. The number of nitrogens with zero attached hydrogens (tertiary/aromatic N) is 5. The van der Waals surface area contributed by atoms with Crippen LogP contribution in [0.1, 0.15) is 16.9 Å². The van der Waals surface area contributed by atoms with Gasteiger partial charge in [-0.05, 0) is 11.5 Å². The normalized spacial score (nSPS) is 18.2. The number of piperazine rings is 1. The van der Waals surface area contributed by atoms with E-state index in [0.717, 1.165) is 43.6 Å². The lowest BCUT2D eigenvalue weighted by Crippen LogP contribution is -2.51. The summed E-state index contributed by atoms with van der Waals surface area (Å²) in [4.78, 5) is 27.1. The van der Waals surface area contributed by atoms with Gasteiger partial charge in [-0.25, -0.2) is 4.98 Å². The fraction of sp³-hybridized carbons (Fsp3) is 0.407. The number of ether oxygens (including phenoxy) is 1. The Bertz CT molecular complexity index is 1320. The molecule has 0 unspecified atom stereocenters. The third-order valence-corrected chi connectivity index (χ3v) is 6.77. The van der Waals surface area contributed by atoms with Crippen LogP contribution < -0.4 is 20.9 Å². The predicted molar refractivity (Wildman–Crippen MR) is 146 cm³/mol. The van der Waals surface area contributed by atoms with Gasteiger partial charge in [-0.2, -0.15) is 10.2 Å². The maximum Gasteiger partial charge on any atom is 0.274 e. The van der Waals surface area contributed by atoms with Gasteiger partial charge in [0.05, 0.1) is 31.4 Å². The number of morpholine rings is 1. The lowest BCUT2D eigenvalue weighted by atomic mass is 10.1. The number of benzene rings is 2. The summed E-state index contributed by atoms with van der Waals surface area (Å²) in [6.07, 6.45) is 0.393. The van der Waals surface area contributed by atoms with Gasteiger partial charge in [0.2, 0.25) is 5.95 Å². The van der Waals surface area contributed by atoms with Crippen LogP contribution in [-0.2, 0) is 4.74 Å². The van der Waals surface area contributed by atoms with E-state index in [1.54, 1.807) is 12.1 Å². The Morgan fingerprint density at radius 2 is 2.03 bits per heavy atom. The number of anilines is 3. The lowest BCUT2D eigenvalue weighted by molar-refractivity contribution is 0.0398. The molecule has 2 aliphatic heterocycles. The van der Waals surface area contributed by atoms with Crippen LogP contribution in [0.2, 0.25) is 0 Å². The van der Waals surface area contributed by atoms with Crippen molar-refractivity contribution < 1.29 is 14.6 Å². The quantitative estimate of drug-likeness (QED) is 0.352. The standard InChI is InChI=1S/C27H32N8O3/c28-6-5-20-18-35(10-8-29-20)25-17-24(32-27(33-25)30-7-9-34-11-13-38-14-12-34)26(37)31-23-16-21(36)15-19-3-1-2-4-22(19)23/h1-4,15-17,20,29,36H,5,7-14,18H2,(H,31,37)(H,30,32,33)/t20-/m0/s1. The van der Waals surface area contributed by atoms with Crippen LogP contribution in [0.25, 0.3) is 10.8 Å². The van der Waals surface area contributed by atoms with Crippen LogP contribution in [0.3, 0.4) is 0 Å². The Balaban J connectivity index is 1.39. The molecule has 1 aromatic heterocycles. The first-order valence-corrected chi connectivity index (χ1v) is 12.9. The average Bonchev–Trinajstić information content (AvgIpc) is 2.94. The van der Waals surface area contributed by atoms with Gasteiger partial charge in [0, 0.05) is 69.4 Å². The summed E-state index contributed by atoms with van der Waals surface area (Å²) >= 11 is 0. The zero-order valence-corrected chi connectivity index (χ0v) is 21.2. The predicted octanol–water partition coefficient (Wildman–Crippen LogP) is 2.02. The van der Waals surface area contributed by atoms with E-state index in [1.165, 1.54) is 6.07 Å². The highest BCUT2D eigenvalue weighted by atomic mass is 16.5. The molecule has 0 radical (unpaired) electrons. The number of carbonyl (C=O) groups is 1. The molecule has 38 heavy (non-hydrogen) atoms. The van der Waals surface area contributed by atoms with Gasteiger partial charge in [0.25, 0.3) is 5.91 Å². The molecule has 4 N–H and O–H groups in total. The zero-order chi connectivity index (χ0) is 26.3. The maximum absolute atomic E-state index is 13.4. The molecule has 3 heterocycles. The van der Waals surface area contributed by atoms with Crippen molar-refractivity contribution in [1.82, 2.24) is 20.2 Å². The van der Waals surface area contributed by atoms with E-state index in [0.29, 0.717) is 50.1 Å². The summed E-state index contributed by atoms with van der Waals surface area (Å²) in [7, 11) is 0. The van der Waals surface area contributed by atoms with Crippen molar-refractivity contribution in [2.24, 2.45) is 0 Å². The zero-order valence-electron chi connectivity index (χ0n) is 21.2. The Morgan fingerprint density at radius 3 is 2.87 bits per heavy atom. The molecule has 1 amide bonds. The Labute approximate surface area is 221 Å². The van der Waals surface area contributed by atoms with Crippen LogP contribution >= 0.6 is 0 Å². The summed E-state index contributed by atoms with van der Waals surface area (Å²) < 4.78 is 5.42. The fourth-order valence-corrected chi connectivity index (χ4v) is 4.81. The number of hydrogen-bond donors (Lipinski definition) is 4. The molecule has 5 rings (SSSR count). The number of carbonyl (C=O) groups excluding carboxylic acids is 1. The second-order valence-electron chi connectivity index (χ2n) is 9.44. The van der Waals surface area contributed by atoms with E-state index in [-0.39, 0.29) is 17.5 Å². The van der Waals surface area contributed by atoms with Crippen molar-refractivity contribution >= 4 is 34.1 Å². The SMILES string of the molecule is N#CC[C@H]1CN(c2cc(C(=O)Nc3cc(O)cc4ccccc34)nc(NCCN3CCOCC3)n2)CCN1. The van der Waals surface area contributed by atoms with Gasteiger partial charge in [-0.3, -0.25) is 9.69 Å². The minimum atomic E-state index is -0.399. The number of aromatic hydroxyl groups is 1. The van der Waals surface area contributed by atoms with Crippen molar-refractivity contribution in [3.8, 4) is 11.8 Å². The molecule has 198 valence electrons. The Hall–Kier alpha value is -3.98. The van der Waals surface area contributed by atoms with E-state index in [2.05, 4.69) is 36.8 Å². The third kappa shape index (κ3) is 6.28. The number of phenols is 1. The highest BCUT2D eigenvalue weighted by molar-refractivity contribution is 6.09. The van der Waals surface area contributed by atoms with Gasteiger partial charge in [-0.1, -0.05) is 24.3 Å². The maximum atomic E-state index is 13.4. The van der Waals surface area contributed by atoms with Crippen LogP contribution in [0.15, 0.2) is 42.5 Å². The first kappa shape index (κ1) is 25.7. The number of aromatic nitrogens is 2. The summed E-state index contributed by atoms with van der Waals surface area (Å²) in [6.45, 7) is 6.68. The molecular formula is C27H32N8O3. The second kappa shape index (κ2) is 12.0. The highest BCUT2D eigenvalue weighted by Gasteiger charge is 2.23. The van der Waals surface area contributed by atoms with Crippen molar-refractivity contribution in [2.45, 2.75) is 12.5 Å². The molecule has 2 saturated heterocycles. The number of fused-ring (bicyclic) bond motifs is 1. The number of hydrogen-bond acceptors (Lipinski definition) is 10. The summed E-state index contributed by atoms with van der Waals surface area (Å²) in [6, 6.07) is 14.7. The number of phenolic OH excluding ortho intramolecular Hbond substituents is 1. The van der Waals surface area contributed by atoms with Crippen molar-refractivity contribution in [3.05, 3.63) is 48.2 Å². The van der Waals surface area contributed by atoms with Gasteiger partial charge >= 0.3 is 0 Å². The number of amides is 1. The van der Waals surface area contributed by atoms with Crippen molar-refractivity contribution in [3.63, 3.8) is 0 Å². The summed E-state index contributed by atoms with van der Waals surface area (Å²) in [5, 5.41) is 30.5. The van der Waals surface area contributed by atoms with Crippen LogP contribution in [-0.4, -0.2) is 91.0 Å². The van der Waals surface area contributed by atoms with Gasteiger partial charge in [0.15, 0.2) is 0 Å². The van der Waals surface area contributed by atoms with E-state index in [4.69, 9.17) is 15.0 Å². The van der Waals surface area contributed by atoms with Gasteiger partial charge < -0.3 is 30.7 Å². The molecule has 3 aromatic rings. The second-order valence-corrected chi connectivity index (χ2v) is 9.44. The first-order chi connectivity index (χ1) is 18.6. The van der Waals surface area contributed by atoms with Crippen LogP contribution in [0.5, 0.6) is 5.75 Å². The van der Waals surface area contributed by atoms with E-state index in [9.17, 15) is 9.90 Å². The highest BCUT2D eigenvalue weighted by Crippen LogP contribution is 2.29. The average molecular weight is 517 g/mol. The molecule has 0 aliphatic carbocycles. The third-order valence-electron chi connectivity index (χ3n) is 6.77. The van der Waals surface area contributed by atoms with Crippen LogP contribution in [0, 0.1) is 11.3 Å². The van der Waals surface area contributed by atoms with Gasteiger partial charge in [-0.15, -0.1) is 0 Å². The number of rotatable bonds is 8. The molecule has 0 spiro atoms. The van der Waals surface area contributed by atoms with Crippen molar-refractivity contribution in [2.75, 3.05) is 74.6 Å². The molecule has 0 bridgehead atoms. The van der Waals surface area contributed by atoms with E-state index < -0.39 is 5.91 Å². The number of nitrogens with one attached hydrogen (secondary N) is 3. The minimum absolute atomic E-state index is 0.0254. The molecule has 2 aliphatic rings. The van der Waals surface area contributed by atoms with Crippen LogP contribution in [0.4, 0.5) is 17.5 Å². The molecule has 11 nitrogen and oxygen atoms in total. The Morgan fingerprint density at radius 1 is 1.18 bits per heavy atom. The molecule has 1 atom stereocenters. The molecular weight excluding hydrogens is 484 g/mol. The van der Waals surface area contributed by atoms with E-state index in [1.807, 2.05) is 24.3 Å². The topological polar surface area (TPSA) is 139 Å². The monoisotopic (exact) mass is 516 g/mol. The summed E-state index contributed by atoms with van der Waals surface area (Å²) in [5.74, 6) is 0.669. The molecule has 2 aromatic carbocycles. The summed E-state index contributed by atoms with van der Waals surface area (Å²) in [5.41, 5.74) is 0.718. The van der Waals surface area contributed by atoms with Gasteiger partial charge in [0.1, 0.15) is 17.3 Å². The fourth-order valence-electron chi connectivity index (χ4n) is 4.81. The molecule has 2 fully saturated rings. The van der Waals surface area contributed by atoms with Crippen molar-refractivity contribution in [1.29, 1.82) is 5.26 Å².